The Morgan fingerprint density at radius 1 is 1.00 bits per heavy atom. The number of fused-ring (bicyclic) bond motifs is 1. The first-order chi connectivity index (χ1) is 22.4. The fourth-order valence-electron chi connectivity index (χ4n) is 4.86. The molecule has 2 amide bonds. The number of carbonyl (C=O) groups excluding carboxylic acids is 3. The van der Waals surface area contributed by atoms with Crippen LogP contribution in [0.25, 0.3) is 33.4 Å². The van der Waals surface area contributed by atoms with Gasteiger partial charge in [0, 0.05) is 34.7 Å². The molecule has 0 atom stereocenters. The van der Waals surface area contributed by atoms with Gasteiger partial charge in [-0.2, -0.15) is 5.10 Å². The summed E-state index contributed by atoms with van der Waals surface area (Å²) in [4.78, 5) is 53.1. The molecule has 0 fully saturated rings. The average Bonchev–Trinajstić information content (AvgIpc) is 3.42. The van der Waals surface area contributed by atoms with Gasteiger partial charge in [-0.3, -0.25) is 19.4 Å². The summed E-state index contributed by atoms with van der Waals surface area (Å²) in [5.41, 5.74) is 3.46. The fourth-order valence-corrected chi connectivity index (χ4v) is 4.86. The van der Waals surface area contributed by atoms with E-state index in [1.807, 2.05) is 55.5 Å². The maximum Gasteiger partial charge on any atom is 0.443 e. The summed E-state index contributed by atoms with van der Waals surface area (Å²) in [6, 6.07) is 18.5. The van der Waals surface area contributed by atoms with Crippen LogP contribution in [0, 0.1) is 12.7 Å². The number of nitrogens with zero attached hydrogens (tertiary/aromatic N) is 5. The van der Waals surface area contributed by atoms with E-state index in [1.54, 1.807) is 40.1 Å². The molecule has 47 heavy (non-hydrogen) atoms. The number of para-hydroxylation sites is 1. The van der Waals surface area contributed by atoms with E-state index in [9.17, 15) is 18.8 Å². The minimum atomic E-state index is -0.990. The van der Waals surface area contributed by atoms with E-state index >= 15 is 0 Å². The van der Waals surface area contributed by atoms with E-state index in [4.69, 9.17) is 14.7 Å². The quantitative estimate of drug-likeness (QED) is 0.181. The molecular formula is C35H35FN6O5. The molecule has 0 radical (unpaired) electrons. The van der Waals surface area contributed by atoms with Crippen molar-refractivity contribution in [2.24, 2.45) is 0 Å². The minimum absolute atomic E-state index is 0.0225. The zero-order valence-electron chi connectivity index (χ0n) is 26.8. The molecule has 5 aromatic rings. The van der Waals surface area contributed by atoms with E-state index < -0.39 is 29.4 Å². The lowest BCUT2D eigenvalue weighted by molar-refractivity contribution is -0.116. The summed E-state index contributed by atoms with van der Waals surface area (Å²) in [6.45, 7) is 8.58. The molecule has 0 saturated heterocycles. The number of ether oxygens (including phenoxy) is 1. The van der Waals surface area contributed by atoms with Crippen LogP contribution in [-0.4, -0.2) is 54.9 Å². The Bertz CT molecular complexity index is 1950. The number of aryl methyl sites for hydroxylation is 1. The first-order valence-corrected chi connectivity index (χ1v) is 15.1. The van der Waals surface area contributed by atoms with Gasteiger partial charge in [-0.25, -0.2) is 14.0 Å². The predicted octanol–water partition coefficient (Wildman–Crippen LogP) is 6.97. The Balaban J connectivity index is 1.38. The summed E-state index contributed by atoms with van der Waals surface area (Å²) in [7, 11) is 0. The van der Waals surface area contributed by atoms with Crippen LogP contribution >= 0.6 is 0 Å². The minimum Gasteiger partial charge on any atom is -0.442 e. The number of hydrogen-bond donors (Lipinski definition) is 1. The molecule has 0 saturated carbocycles. The summed E-state index contributed by atoms with van der Waals surface area (Å²) in [6.07, 6.45) is 3.10. The number of halogens is 1. The third kappa shape index (κ3) is 8.15. The van der Waals surface area contributed by atoms with Gasteiger partial charge in [0.2, 0.25) is 5.91 Å². The maximum absolute atomic E-state index is 14.6. The van der Waals surface area contributed by atoms with Crippen LogP contribution < -0.4 is 5.32 Å². The van der Waals surface area contributed by atoms with Crippen molar-refractivity contribution in [1.82, 2.24) is 24.8 Å². The number of nitrogens with one attached hydrogen (secondary N) is 1. The summed E-state index contributed by atoms with van der Waals surface area (Å²) in [5.74, 6) is -2.29. The molecule has 12 heteroatoms. The Kier molecular flexibility index (Phi) is 9.59. The Morgan fingerprint density at radius 3 is 2.53 bits per heavy atom. The summed E-state index contributed by atoms with van der Waals surface area (Å²) < 4.78 is 21.4. The Labute approximate surface area is 271 Å². The number of anilines is 1. The summed E-state index contributed by atoms with van der Waals surface area (Å²) >= 11 is 0. The highest BCUT2D eigenvalue weighted by Gasteiger charge is 2.26. The molecule has 242 valence electrons. The van der Waals surface area contributed by atoms with E-state index in [0.717, 1.165) is 44.9 Å². The van der Waals surface area contributed by atoms with E-state index in [1.165, 1.54) is 10.7 Å². The maximum atomic E-state index is 14.6. The number of pyridine rings is 2. The van der Waals surface area contributed by atoms with Gasteiger partial charge < -0.3 is 14.9 Å². The number of hydrogen-bond acceptors (Lipinski definition) is 8. The first kappa shape index (κ1) is 32.7. The third-order valence-corrected chi connectivity index (χ3v) is 6.77. The Morgan fingerprint density at radius 2 is 1.79 bits per heavy atom. The van der Waals surface area contributed by atoms with Gasteiger partial charge >= 0.3 is 12.1 Å². The molecular weight excluding hydrogens is 603 g/mol. The van der Waals surface area contributed by atoms with Gasteiger partial charge in [0.25, 0.3) is 0 Å². The largest absolute Gasteiger partial charge is 0.443 e. The van der Waals surface area contributed by atoms with Crippen molar-refractivity contribution in [1.29, 1.82) is 0 Å². The lowest BCUT2D eigenvalue weighted by Gasteiger charge is -2.25. The Hall–Kier alpha value is -5.65. The van der Waals surface area contributed by atoms with Gasteiger partial charge in [-0.15, -0.1) is 5.06 Å². The van der Waals surface area contributed by atoms with Gasteiger partial charge in [-0.05, 0) is 82.1 Å². The molecule has 0 aliphatic carbocycles. The third-order valence-electron chi connectivity index (χ3n) is 6.77. The van der Waals surface area contributed by atoms with Crippen LogP contribution in [0.2, 0.25) is 0 Å². The van der Waals surface area contributed by atoms with Gasteiger partial charge in [0.05, 0.1) is 23.3 Å². The van der Waals surface area contributed by atoms with Crippen molar-refractivity contribution >= 4 is 34.6 Å². The van der Waals surface area contributed by atoms with E-state index in [-0.39, 0.29) is 24.3 Å². The zero-order chi connectivity index (χ0) is 33.7. The van der Waals surface area contributed by atoms with Crippen LogP contribution in [0.3, 0.4) is 0 Å². The fraction of sp³-hybridized carbons (Fsp3) is 0.257. The number of carbonyl (C=O) groups is 3. The monoisotopic (exact) mass is 638 g/mol. The van der Waals surface area contributed by atoms with Crippen molar-refractivity contribution in [3.8, 4) is 22.5 Å². The van der Waals surface area contributed by atoms with Crippen molar-refractivity contribution in [3.05, 3.63) is 96.2 Å². The SMILES string of the molecule is CCCN(OC(=O)c1cc(F)cc(NC(=O)Cn2cc(-c3ccnc4ccccc34)c(-c3cccc(C)n3)n2)c1)C(=O)OC(C)(C)C. The molecule has 0 spiro atoms. The van der Waals surface area contributed by atoms with Crippen LogP contribution in [0.4, 0.5) is 14.9 Å². The molecule has 11 nitrogen and oxygen atoms in total. The van der Waals surface area contributed by atoms with Gasteiger partial charge in [0.1, 0.15) is 23.7 Å². The lowest BCUT2D eigenvalue weighted by atomic mass is 10.0. The van der Waals surface area contributed by atoms with Gasteiger partial charge in [-0.1, -0.05) is 31.2 Å². The van der Waals surface area contributed by atoms with Crippen molar-refractivity contribution in [2.45, 2.75) is 53.2 Å². The molecule has 3 aromatic heterocycles. The van der Waals surface area contributed by atoms with Crippen LogP contribution in [-0.2, 0) is 20.9 Å². The van der Waals surface area contributed by atoms with Crippen LogP contribution in [0.1, 0.15) is 50.2 Å². The highest BCUT2D eigenvalue weighted by atomic mass is 19.1. The molecule has 0 aliphatic heterocycles. The second kappa shape index (κ2) is 13.8. The smallest absolute Gasteiger partial charge is 0.442 e. The van der Waals surface area contributed by atoms with E-state index in [0.29, 0.717) is 17.8 Å². The molecule has 0 bridgehead atoms. The topological polar surface area (TPSA) is 129 Å². The number of hydroxylamine groups is 2. The zero-order valence-corrected chi connectivity index (χ0v) is 26.8. The summed E-state index contributed by atoms with van der Waals surface area (Å²) in [5, 5.41) is 9.05. The molecule has 5 rings (SSSR count). The number of rotatable bonds is 8. The second-order valence-corrected chi connectivity index (χ2v) is 11.9. The van der Waals surface area contributed by atoms with Crippen LogP contribution in [0.15, 0.2) is 79.1 Å². The predicted molar refractivity (Wildman–Crippen MR) is 175 cm³/mol. The number of amides is 2. The van der Waals surface area contributed by atoms with E-state index in [2.05, 4.69) is 15.3 Å². The van der Waals surface area contributed by atoms with Crippen molar-refractivity contribution in [2.75, 3.05) is 11.9 Å². The van der Waals surface area contributed by atoms with Crippen molar-refractivity contribution in [3.63, 3.8) is 0 Å². The standard InChI is InChI=1S/C35H35FN6O5/c1-6-16-42(34(45)46-35(3,4)5)47-33(44)23-17-24(36)19-25(18-23)39-31(43)21-41-20-28(32(40-41)30-13-9-10-22(2)38-30)26-14-15-37-29-12-8-7-11-27(26)29/h7-15,17-20H,6,16,21H2,1-5H3,(H,39,43). The molecule has 0 unspecified atom stereocenters. The number of aromatic nitrogens is 4. The van der Waals surface area contributed by atoms with Crippen LogP contribution in [0.5, 0.6) is 0 Å². The van der Waals surface area contributed by atoms with Crippen molar-refractivity contribution < 1.29 is 28.3 Å². The average molecular weight is 639 g/mol. The first-order valence-electron chi connectivity index (χ1n) is 15.1. The number of benzene rings is 2. The molecule has 3 heterocycles. The second-order valence-electron chi connectivity index (χ2n) is 11.9. The van der Waals surface area contributed by atoms with Gasteiger partial charge in [0.15, 0.2) is 0 Å². The molecule has 2 aromatic carbocycles. The molecule has 0 aliphatic rings. The molecule has 1 N–H and O–H groups in total. The highest BCUT2D eigenvalue weighted by molar-refractivity contribution is 5.98. The lowest BCUT2D eigenvalue weighted by Crippen LogP contribution is -2.38. The highest BCUT2D eigenvalue weighted by Crippen LogP contribution is 2.34. The normalized spacial score (nSPS) is 11.3.